The van der Waals surface area contributed by atoms with Crippen LogP contribution in [0.5, 0.6) is 11.5 Å². The van der Waals surface area contributed by atoms with Crippen LogP contribution >= 0.6 is 11.8 Å². The van der Waals surface area contributed by atoms with Crippen molar-refractivity contribution in [2.75, 3.05) is 65.7 Å². The van der Waals surface area contributed by atoms with Gasteiger partial charge in [0, 0.05) is 57.9 Å². The number of hydrogen-bond acceptors (Lipinski definition) is 13. The lowest BCUT2D eigenvalue weighted by atomic mass is 10.1. The lowest BCUT2D eigenvalue weighted by molar-refractivity contribution is -0.137. The highest BCUT2D eigenvalue weighted by Crippen LogP contribution is 2.32. The maximum Gasteiger partial charge on any atom is 0.415 e. The monoisotopic (exact) mass is 708 g/mol. The van der Waals surface area contributed by atoms with Gasteiger partial charge in [-0.15, -0.1) is 11.8 Å². The van der Waals surface area contributed by atoms with Crippen molar-refractivity contribution in [3.05, 3.63) is 34.7 Å². The average molecular weight is 709 g/mol. The Balaban J connectivity index is 2.06. The molecule has 0 saturated heterocycles. The Morgan fingerprint density at radius 3 is 2.31 bits per heavy atom. The van der Waals surface area contributed by atoms with E-state index in [1.165, 1.54) is 32.4 Å². The Hall–Kier alpha value is -4.39. The molecule has 1 aromatic rings. The number of likely N-dealkylation sites (N-methyl/N-ethyl adjacent to an activating group) is 2. The smallest absolute Gasteiger partial charge is 0.415 e. The molecular weight excluding hydrogens is 660 g/mol. The zero-order valence-corrected chi connectivity index (χ0v) is 29.4. The van der Waals surface area contributed by atoms with Crippen LogP contribution in [0, 0.1) is 0 Å². The minimum atomic E-state index is -1.20. The van der Waals surface area contributed by atoms with E-state index in [-0.39, 0.29) is 54.0 Å². The number of ether oxygens (including phenoxy) is 3. The first kappa shape index (κ1) is 40.8. The van der Waals surface area contributed by atoms with Gasteiger partial charge in [0.1, 0.15) is 12.4 Å². The lowest BCUT2D eigenvalue weighted by Gasteiger charge is -2.25. The minimum absolute atomic E-state index is 0.0188. The zero-order chi connectivity index (χ0) is 36.5. The fourth-order valence-electron chi connectivity index (χ4n) is 4.52. The molecule has 0 radical (unpaired) electrons. The van der Waals surface area contributed by atoms with E-state index >= 15 is 0 Å². The molecule has 1 atom stereocenters. The van der Waals surface area contributed by atoms with Gasteiger partial charge in [0.2, 0.25) is 11.8 Å². The topological polar surface area (TPSA) is 228 Å². The molecule has 49 heavy (non-hydrogen) atoms. The summed E-state index contributed by atoms with van der Waals surface area (Å²) < 4.78 is 16.6. The highest BCUT2D eigenvalue weighted by Gasteiger charge is 2.31. The van der Waals surface area contributed by atoms with E-state index in [0.717, 1.165) is 29.8 Å². The number of hydrogen-bond donors (Lipinski definition) is 5. The number of methoxy groups -OCH3 is 1. The number of alkyl carbamates (subject to hydrolysis) is 1. The van der Waals surface area contributed by atoms with Gasteiger partial charge in [0.15, 0.2) is 11.5 Å². The molecule has 1 aliphatic heterocycles. The molecule has 7 N–H and O–H groups in total. The summed E-state index contributed by atoms with van der Waals surface area (Å²) in [6, 6.07) is 4.57. The first-order valence-electron chi connectivity index (χ1n) is 15.9. The third-order valence-corrected chi connectivity index (χ3v) is 8.41. The van der Waals surface area contributed by atoms with Gasteiger partial charge in [0.05, 0.1) is 18.6 Å². The summed E-state index contributed by atoms with van der Waals surface area (Å²) in [6.07, 6.45) is -2.60. The predicted octanol–water partition coefficient (Wildman–Crippen LogP) is 0.454. The fourth-order valence-corrected chi connectivity index (χ4v) is 5.45. The van der Waals surface area contributed by atoms with E-state index in [4.69, 9.17) is 25.7 Å². The van der Waals surface area contributed by atoms with E-state index in [9.17, 15) is 28.8 Å². The standard InChI is InChI=1S/C31H48N8O9S/c1-6-37(7-2)14-15-38(8-3)31(45)48-21-10-9-20(17-22(21)46-5)23(47-30(44)36-29(32)33)19-35-26(41)12-16-49-24-18-27(42)39(28(24)43)13-11-25(40)34-4/h9-10,17-18,23,29H,6-8,11-16,19,32-33H2,1-5H3,(H,34,40)(H,35,41)(H,36,44). The SMILES string of the molecule is CCN(CC)CCN(CC)C(=O)Oc1ccc(C(CNC(=O)CCSC2=CC(=O)N(CCC(=O)NC)C2=O)OC(=O)NC(N)N)cc1OC. The first-order chi connectivity index (χ1) is 23.4. The Morgan fingerprint density at radius 2 is 1.69 bits per heavy atom. The third kappa shape index (κ3) is 13.2. The summed E-state index contributed by atoms with van der Waals surface area (Å²) >= 11 is 1.04. The molecule has 17 nitrogen and oxygen atoms in total. The Kier molecular flexibility index (Phi) is 17.4. The molecule has 1 heterocycles. The van der Waals surface area contributed by atoms with E-state index in [1.807, 2.05) is 6.92 Å². The Morgan fingerprint density at radius 1 is 0.980 bits per heavy atom. The van der Waals surface area contributed by atoms with Crippen LogP contribution in [0.25, 0.3) is 0 Å². The molecular formula is C31H48N8O9S. The highest BCUT2D eigenvalue weighted by molar-refractivity contribution is 8.04. The van der Waals surface area contributed by atoms with Crippen molar-refractivity contribution in [3.8, 4) is 11.5 Å². The molecule has 0 fully saturated rings. The maximum atomic E-state index is 13.0. The fraction of sp³-hybridized carbons (Fsp3) is 0.548. The van der Waals surface area contributed by atoms with E-state index in [0.29, 0.717) is 25.2 Å². The molecule has 0 bridgehead atoms. The van der Waals surface area contributed by atoms with Gasteiger partial charge in [0.25, 0.3) is 11.8 Å². The summed E-state index contributed by atoms with van der Waals surface area (Å²) in [5.74, 6) is -1.27. The number of rotatable bonds is 20. The second-order valence-corrected chi connectivity index (χ2v) is 11.7. The quantitative estimate of drug-likeness (QED) is 0.0917. The molecule has 1 unspecified atom stereocenters. The molecule has 18 heteroatoms. The number of nitrogens with zero attached hydrogens (tertiary/aromatic N) is 3. The van der Waals surface area contributed by atoms with Crippen LogP contribution in [0.15, 0.2) is 29.2 Å². The number of imide groups is 1. The van der Waals surface area contributed by atoms with Crippen LogP contribution in [0.2, 0.25) is 0 Å². The van der Waals surface area contributed by atoms with Crippen LogP contribution in [-0.2, 0) is 23.9 Å². The highest BCUT2D eigenvalue weighted by atomic mass is 32.2. The van der Waals surface area contributed by atoms with Crippen molar-refractivity contribution in [1.82, 2.24) is 30.7 Å². The summed E-state index contributed by atoms with van der Waals surface area (Å²) in [4.78, 5) is 79.3. The summed E-state index contributed by atoms with van der Waals surface area (Å²) in [5, 5.41) is 7.34. The molecule has 2 rings (SSSR count). The van der Waals surface area contributed by atoms with Crippen LogP contribution in [0.1, 0.15) is 45.3 Å². The van der Waals surface area contributed by atoms with Crippen LogP contribution in [-0.4, -0.2) is 123 Å². The second kappa shape index (κ2) is 20.9. The largest absolute Gasteiger partial charge is 0.493 e. The zero-order valence-electron chi connectivity index (χ0n) is 28.6. The maximum absolute atomic E-state index is 13.0. The number of amides is 6. The molecule has 0 spiro atoms. The van der Waals surface area contributed by atoms with Crippen molar-refractivity contribution < 1.29 is 43.0 Å². The molecule has 1 aliphatic rings. The summed E-state index contributed by atoms with van der Waals surface area (Å²) in [7, 11) is 2.85. The molecule has 0 aliphatic carbocycles. The number of benzene rings is 1. The van der Waals surface area contributed by atoms with Crippen molar-refractivity contribution in [3.63, 3.8) is 0 Å². The number of carbonyl (C=O) groups excluding carboxylic acids is 6. The van der Waals surface area contributed by atoms with Crippen molar-refractivity contribution >= 4 is 47.6 Å². The third-order valence-electron chi connectivity index (χ3n) is 7.40. The average Bonchev–Trinajstić information content (AvgIpc) is 3.34. The summed E-state index contributed by atoms with van der Waals surface area (Å²) in [6.45, 7) is 9.08. The van der Waals surface area contributed by atoms with Gasteiger partial charge in [-0.2, -0.15) is 0 Å². The number of nitrogens with one attached hydrogen (secondary N) is 3. The van der Waals surface area contributed by atoms with Gasteiger partial charge in [-0.3, -0.25) is 40.9 Å². The van der Waals surface area contributed by atoms with Crippen molar-refractivity contribution in [2.45, 2.75) is 46.0 Å². The van der Waals surface area contributed by atoms with Crippen LogP contribution in [0.4, 0.5) is 9.59 Å². The first-order valence-corrected chi connectivity index (χ1v) is 16.9. The minimum Gasteiger partial charge on any atom is -0.493 e. The second-order valence-electron chi connectivity index (χ2n) is 10.6. The lowest BCUT2D eigenvalue weighted by Crippen LogP contribution is -2.49. The Bertz CT molecular complexity index is 1360. The summed E-state index contributed by atoms with van der Waals surface area (Å²) in [5.41, 5.74) is 11.3. The molecule has 0 aromatic heterocycles. The molecule has 1 aromatic carbocycles. The van der Waals surface area contributed by atoms with Crippen molar-refractivity contribution in [2.24, 2.45) is 11.5 Å². The normalized spacial score (nSPS) is 13.2. The number of carbonyl (C=O) groups is 6. The van der Waals surface area contributed by atoms with E-state index < -0.39 is 42.3 Å². The number of thioether (sulfide) groups is 1. The van der Waals surface area contributed by atoms with Crippen LogP contribution in [0.3, 0.4) is 0 Å². The number of nitrogens with two attached hydrogens (primary N) is 2. The molecule has 0 saturated carbocycles. The van der Waals surface area contributed by atoms with Gasteiger partial charge < -0.3 is 34.6 Å². The molecule has 6 amide bonds. The predicted molar refractivity (Wildman–Crippen MR) is 182 cm³/mol. The van der Waals surface area contributed by atoms with Gasteiger partial charge >= 0.3 is 12.2 Å². The van der Waals surface area contributed by atoms with Gasteiger partial charge in [-0.1, -0.05) is 19.9 Å². The van der Waals surface area contributed by atoms with E-state index in [2.05, 4.69) is 34.7 Å². The van der Waals surface area contributed by atoms with Crippen molar-refractivity contribution in [1.29, 1.82) is 0 Å². The van der Waals surface area contributed by atoms with Gasteiger partial charge in [-0.25, -0.2) is 9.59 Å². The van der Waals surface area contributed by atoms with Gasteiger partial charge in [-0.05, 0) is 37.7 Å². The molecule has 272 valence electrons. The van der Waals surface area contributed by atoms with E-state index in [1.54, 1.807) is 11.0 Å². The van der Waals surface area contributed by atoms with Crippen LogP contribution < -0.4 is 36.9 Å². The Labute approximate surface area is 290 Å².